The van der Waals surface area contributed by atoms with Gasteiger partial charge in [-0.3, -0.25) is 0 Å². The van der Waals surface area contributed by atoms with E-state index >= 15 is 0 Å². The molecule has 0 saturated carbocycles. The first kappa shape index (κ1) is 22.3. The molecule has 2 aromatic carbocycles. The summed E-state index contributed by atoms with van der Waals surface area (Å²) in [5, 5.41) is 0. The lowest BCUT2D eigenvalue weighted by Gasteiger charge is -2.29. The molecule has 2 nitrogen and oxygen atoms in total. The largest absolute Gasteiger partial charge is 0.497 e. The van der Waals surface area contributed by atoms with E-state index in [-0.39, 0.29) is 0 Å². The van der Waals surface area contributed by atoms with Crippen molar-refractivity contribution in [1.82, 2.24) is 0 Å². The predicted octanol–water partition coefficient (Wildman–Crippen LogP) is 7.73. The number of ether oxygens (including phenoxy) is 2. The zero-order valence-corrected chi connectivity index (χ0v) is 18.2. The summed E-state index contributed by atoms with van der Waals surface area (Å²) in [6.07, 6.45) is 10.1. The predicted molar refractivity (Wildman–Crippen MR) is 120 cm³/mol. The highest BCUT2D eigenvalue weighted by atomic mass is 16.5. The SMILES string of the molecule is CCCCCC(c1cccc(OC)c1)C(CCCCC)c1cccc(OC)c1. The number of unbranched alkanes of at least 4 members (excludes halogenated alkanes) is 4. The van der Waals surface area contributed by atoms with Gasteiger partial charge in [-0.2, -0.15) is 0 Å². The number of hydrogen-bond donors (Lipinski definition) is 0. The van der Waals surface area contributed by atoms with Crippen molar-refractivity contribution in [3.05, 3.63) is 59.7 Å². The molecule has 2 atom stereocenters. The Kier molecular flexibility index (Phi) is 9.96. The number of hydrogen-bond acceptors (Lipinski definition) is 2. The van der Waals surface area contributed by atoms with Gasteiger partial charge >= 0.3 is 0 Å². The Morgan fingerprint density at radius 2 is 1.07 bits per heavy atom. The van der Waals surface area contributed by atoms with E-state index in [1.807, 2.05) is 12.1 Å². The van der Waals surface area contributed by atoms with E-state index in [1.54, 1.807) is 14.2 Å². The maximum absolute atomic E-state index is 5.53. The molecule has 0 amide bonds. The molecule has 2 unspecified atom stereocenters. The van der Waals surface area contributed by atoms with Crippen molar-refractivity contribution >= 4 is 0 Å². The Balaban J connectivity index is 2.39. The zero-order chi connectivity index (χ0) is 20.2. The topological polar surface area (TPSA) is 18.5 Å². The summed E-state index contributed by atoms with van der Waals surface area (Å²) in [5.41, 5.74) is 2.81. The zero-order valence-electron chi connectivity index (χ0n) is 18.2. The molecule has 154 valence electrons. The second-order valence-corrected chi connectivity index (χ2v) is 7.76. The van der Waals surface area contributed by atoms with Gasteiger partial charge in [-0.1, -0.05) is 76.6 Å². The van der Waals surface area contributed by atoms with Crippen LogP contribution in [0.25, 0.3) is 0 Å². The second-order valence-electron chi connectivity index (χ2n) is 7.76. The number of rotatable bonds is 13. The summed E-state index contributed by atoms with van der Waals surface area (Å²) >= 11 is 0. The quantitative estimate of drug-likeness (QED) is 0.330. The molecule has 2 rings (SSSR count). The molecule has 0 bridgehead atoms. The van der Waals surface area contributed by atoms with Crippen molar-refractivity contribution in [2.45, 2.75) is 77.0 Å². The van der Waals surface area contributed by atoms with Crippen molar-refractivity contribution in [3.63, 3.8) is 0 Å². The number of benzene rings is 2. The molecule has 0 aliphatic heterocycles. The molecule has 0 aromatic heterocycles. The van der Waals surface area contributed by atoms with Crippen LogP contribution in [-0.4, -0.2) is 14.2 Å². The van der Waals surface area contributed by atoms with Gasteiger partial charge in [0.05, 0.1) is 14.2 Å². The summed E-state index contributed by atoms with van der Waals surface area (Å²) in [7, 11) is 3.51. The van der Waals surface area contributed by atoms with Crippen LogP contribution in [0.15, 0.2) is 48.5 Å². The van der Waals surface area contributed by atoms with Crippen molar-refractivity contribution < 1.29 is 9.47 Å². The maximum atomic E-state index is 5.53. The van der Waals surface area contributed by atoms with Crippen LogP contribution in [0, 0.1) is 0 Å². The van der Waals surface area contributed by atoms with Gasteiger partial charge in [0.15, 0.2) is 0 Å². The summed E-state index contributed by atoms with van der Waals surface area (Å²) in [5.74, 6) is 2.92. The van der Waals surface area contributed by atoms with Crippen molar-refractivity contribution in [2.24, 2.45) is 0 Å². The van der Waals surface area contributed by atoms with Gasteiger partial charge in [0, 0.05) is 0 Å². The van der Waals surface area contributed by atoms with Crippen LogP contribution in [0.1, 0.15) is 88.2 Å². The summed E-state index contributed by atoms with van der Waals surface area (Å²) in [6, 6.07) is 17.4. The van der Waals surface area contributed by atoms with Crippen LogP contribution in [0.2, 0.25) is 0 Å². The normalized spacial score (nSPS) is 13.1. The Labute approximate surface area is 172 Å². The monoisotopic (exact) mass is 382 g/mol. The molecule has 0 spiro atoms. The average Bonchev–Trinajstić information content (AvgIpc) is 2.75. The molecule has 0 aliphatic rings. The van der Waals surface area contributed by atoms with Gasteiger partial charge in [0.1, 0.15) is 11.5 Å². The van der Waals surface area contributed by atoms with E-state index in [0.717, 1.165) is 11.5 Å². The van der Waals surface area contributed by atoms with Crippen LogP contribution < -0.4 is 9.47 Å². The average molecular weight is 383 g/mol. The molecule has 2 heteroatoms. The molecular formula is C26H38O2. The first-order valence-electron chi connectivity index (χ1n) is 11.0. The fourth-order valence-electron chi connectivity index (χ4n) is 4.17. The van der Waals surface area contributed by atoms with Gasteiger partial charge in [0.2, 0.25) is 0 Å². The molecular weight excluding hydrogens is 344 g/mol. The Morgan fingerprint density at radius 1 is 0.643 bits per heavy atom. The van der Waals surface area contributed by atoms with Crippen LogP contribution in [-0.2, 0) is 0 Å². The number of methoxy groups -OCH3 is 2. The molecule has 28 heavy (non-hydrogen) atoms. The highest BCUT2D eigenvalue weighted by molar-refractivity contribution is 5.37. The summed E-state index contributed by atoms with van der Waals surface area (Å²) < 4.78 is 11.1. The minimum absolute atomic E-state index is 0.505. The lowest BCUT2D eigenvalue weighted by atomic mass is 9.76. The van der Waals surface area contributed by atoms with Gasteiger partial charge in [0.25, 0.3) is 0 Å². The third kappa shape index (κ3) is 6.58. The molecule has 0 aliphatic carbocycles. The highest BCUT2D eigenvalue weighted by Crippen LogP contribution is 2.42. The van der Waals surface area contributed by atoms with E-state index in [0.29, 0.717) is 11.8 Å². The third-order valence-electron chi connectivity index (χ3n) is 5.77. The van der Waals surface area contributed by atoms with Gasteiger partial charge in [-0.05, 0) is 60.1 Å². The highest BCUT2D eigenvalue weighted by Gasteiger charge is 2.25. The van der Waals surface area contributed by atoms with Crippen molar-refractivity contribution in [1.29, 1.82) is 0 Å². The fraction of sp³-hybridized carbons (Fsp3) is 0.538. The molecule has 0 radical (unpaired) electrons. The third-order valence-corrected chi connectivity index (χ3v) is 5.77. The van der Waals surface area contributed by atoms with Gasteiger partial charge in [-0.25, -0.2) is 0 Å². The van der Waals surface area contributed by atoms with Crippen LogP contribution in [0.4, 0.5) is 0 Å². The van der Waals surface area contributed by atoms with E-state index < -0.39 is 0 Å². The molecule has 0 heterocycles. The molecule has 0 fully saturated rings. The molecule has 0 saturated heterocycles. The lowest BCUT2D eigenvalue weighted by molar-refractivity contribution is 0.405. The van der Waals surface area contributed by atoms with Crippen LogP contribution >= 0.6 is 0 Å². The lowest BCUT2D eigenvalue weighted by Crippen LogP contribution is -2.13. The summed E-state index contributed by atoms with van der Waals surface area (Å²) in [4.78, 5) is 0. The van der Waals surface area contributed by atoms with Crippen LogP contribution in [0.5, 0.6) is 11.5 Å². The van der Waals surface area contributed by atoms with E-state index in [4.69, 9.17) is 9.47 Å². The smallest absolute Gasteiger partial charge is 0.119 e. The van der Waals surface area contributed by atoms with Crippen molar-refractivity contribution in [3.8, 4) is 11.5 Å². The maximum Gasteiger partial charge on any atom is 0.119 e. The summed E-state index contributed by atoms with van der Waals surface area (Å²) in [6.45, 7) is 4.56. The first-order chi connectivity index (χ1) is 13.7. The Morgan fingerprint density at radius 3 is 1.43 bits per heavy atom. The first-order valence-corrected chi connectivity index (χ1v) is 11.0. The Bertz CT molecular complexity index is 620. The minimum Gasteiger partial charge on any atom is -0.497 e. The van der Waals surface area contributed by atoms with E-state index in [9.17, 15) is 0 Å². The van der Waals surface area contributed by atoms with E-state index in [2.05, 4.69) is 50.2 Å². The molecule has 2 aromatic rings. The van der Waals surface area contributed by atoms with E-state index in [1.165, 1.54) is 62.5 Å². The Hall–Kier alpha value is -1.96. The van der Waals surface area contributed by atoms with Crippen LogP contribution in [0.3, 0.4) is 0 Å². The second kappa shape index (κ2) is 12.5. The van der Waals surface area contributed by atoms with Crippen molar-refractivity contribution in [2.75, 3.05) is 14.2 Å². The fourth-order valence-corrected chi connectivity index (χ4v) is 4.17. The standard InChI is InChI=1S/C26H38O2/c1-5-7-9-17-25(21-13-11-15-23(19-21)27-3)26(18-10-8-6-2)22-14-12-16-24(20-22)28-4/h11-16,19-20,25-26H,5-10,17-18H2,1-4H3. The van der Waals surface area contributed by atoms with Gasteiger partial charge in [-0.15, -0.1) is 0 Å². The van der Waals surface area contributed by atoms with Gasteiger partial charge < -0.3 is 9.47 Å². The minimum atomic E-state index is 0.505. The molecule has 0 N–H and O–H groups in total.